The van der Waals surface area contributed by atoms with Crippen LogP contribution in [0.1, 0.15) is 46.5 Å². The van der Waals surface area contributed by atoms with Crippen LogP contribution in [0.4, 0.5) is 5.82 Å². The first-order valence-corrected chi connectivity index (χ1v) is 10.7. The maximum absolute atomic E-state index is 13.0. The minimum Gasteiger partial charge on any atom is -0.467 e. The Morgan fingerprint density at radius 2 is 1.97 bits per heavy atom. The minimum absolute atomic E-state index is 0.103. The highest BCUT2D eigenvalue weighted by Crippen LogP contribution is 2.30. The molecular formula is C25H28N4O2. The highest BCUT2D eigenvalue weighted by molar-refractivity contribution is 5.93. The maximum Gasteiger partial charge on any atom is 0.239 e. The van der Waals surface area contributed by atoms with Crippen LogP contribution in [0.3, 0.4) is 0 Å². The lowest BCUT2D eigenvalue weighted by Crippen LogP contribution is -2.35. The van der Waals surface area contributed by atoms with Crippen molar-refractivity contribution < 1.29 is 9.21 Å². The third-order valence-electron chi connectivity index (χ3n) is 6.01. The van der Waals surface area contributed by atoms with Crippen molar-refractivity contribution >= 4 is 11.7 Å². The summed E-state index contributed by atoms with van der Waals surface area (Å²) in [5.74, 6) is 1.22. The van der Waals surface area contributed by atoms with Crippen molar-refractivity contribution in [3.63, 3.8) is 0 Å². The van der Waals surface area contributed by atoms with Gasteiger partial charge in [0.1, 0.15) is 17.6 Å². The zero-order valence-electron chi connectivity index (χ0n) is 18.3. The monoisotopic (exact) mass is 416 g/mol. The number of hydrogen-bond donors (Lipinski definition) is 1. The number of rotatable bonds is 8. The van der Waals surface area contributed by atoms with Gasteiger partial charge >= 0.3 is 0 Å². The van der Waals surface area contributed by atoms with Crippen LogP contribution in [0, 0.1) is 32.1 Å². The normalized spacial score (nSPS) is 13.4. The van der Waals surface area contributed by atoms with E-state index in [0.29, 0.717) is 30.5 Å². The average Bonchev–Trinajstić information content (AvgIpc) is 3.43. The highest BCUT2D eigenvalue weighted by Gasteiger charge is 2.31. The van der Waals surface area contributed by atoms with Crippen molar-refractivity contribution in [3.8, 4) is 6.07 Å². The Labute approximate surface area is 183 Å². The average molecular weight is 417 g/mol. The fourth-order valence-electron chi connectivity index (χ4n) is 3.92. The summed E-state index contributed by atoms with van der Waals surface area (Å²) in [6.45, 7) is 7.46. The molecule has 0 aliphatic heterocycles. The van der Waals surface area contributed by atoms with E-state index in [9.17, 15) is 10.1 Å². The number of carbonyl (C=O) groups is 1. The van der Waals surface area contributed by atoms with Crippen molar-refractivity contribution in [1.29, 1.82) is 5.26 Å². The first-order chi connectivity index (χ1) is 15.0. The summed E-state index contributed by atoms with van der Waals surface area (Å²) in [6.07, 6.45) is 3.87. The molecular weight excluding hydrogens is 388 g/mol. The Hall–Kier alpha value is -3.30. The van der Waals surface area contributed by atoms with Crippen molar-refractivity contribution in [2.24, 2.45) is 0 Å². The number of benzene rings is 1. The summed E-state index contributed by atoms with van der Waals surface area (Å²) in [4.78, 5) is 15.3. The first kappa shape index (κ1) is 21.0. The summed E-state index contributed by atoms with van der Waals surface area (Å²) in [5.41, 5.74) is 4.77. The molecule has 31 heavy (non-hydrogen) atoms. The fraction of sp³-hybridized carbons (Fsp3) is 0.360. The Morgan fingerprint density at radius 3 is 2.58 bits per heavy atom. The van der Waals surface area contributed by atoms with Gasteiger partial charge in [0.2, 0.25) is 5.91 Å². The minimum atomic E-state index is -0.103. The van der Waals surface area contributed by atoms with E-state index in [2.05, 4.69) is 47.5 Å². The van der Waals surface area contributed by atoms with Gasteiger partial charge in [0.05, 0.1) is 24.9 Å². The molecule has 6 heteroatoms. The van der Waals surface area contributed by atoms with Crippen LogP contribution in [0.5, 0.6) is 0 Å². The van der Waals surface area contributed by atoms with Crippen LogP contribution in [0.25, 0.3) is 0 Å². The molecule has 1 saturated carbocycles. The Balaban J connectivity index is 1.52. The molecule has 6 nitrogen and oxygen atoms in total. The van der Waals surface area contributed by atoms with E-state index in [1.165, 1.54) is 11.1 Å². The molecule has 1 amide bonds. The largest absolute Gasteiger partial charge is 0.467 e. The zero-order valence-corrected chi connectivity index (χ0v) is 18.3. The van der Waals surface area contributed by atoms with Crippen LogP contribution in [0.15, 0.2) is 47.1 Å². The van der Waals surface area contributed by atoms with Crippen molar-refractivity contribution in [2.45, 2.75) is 52.7 Å². The topological polar surface area (TPSA) is 74.2 Å². The van der Waals surface area contributed by atoms with Crippen LogP contribution in [0.2, 0.25) is 0 Å². The predicted octanol–water partition coefficient (Wildman–Crippen LogP) is 4.53. The quantitative estimate of drug-likeness (QED) is 0.585. The van der Waals surface area contributed by atoms with Gasteiger partial charge in [-0.05, 0) is 56.9 Å². The van der Waals surface area contributed by atoms with Crippen molar-refractivity contribution in [1.82, 2.24) is 9.47 Å². The number of furan rings is 1. The van der Waals surface area contributed by atoms with E-state index < -0.39 is 0 Å². The van der Waals surface area contributed by atoms with Gasteiger partial charge in [-0.2, -0.15) is 5.26 Å². The number of nitriles is 1. The van der Waals surface area contributed by atoms with E-state index in [0.717, 1.165) is 36.4 Å². The second-order valence-corrected chi connectivity index (χ2v) is 8.38. The molecule has 0 atom stereocenters. The van der Waals surface area contributed by atoms with Gasteiger partial charge in [-0.25, -0.2) is 0 Å². The number of carbonyl (C=O) groups excluding carboxylic acids is 1. The van der Waals surface area contributed by atoms with Crippen LogP contribution in [-0.2, 0) is 17.9 Å². The molecule has 4 rings (SSSR count). The molecule has 1 aliphatic rings. The Kier molecular flexibility index (Phi) is 5.97. The SMILES string of the molecule is Cc1ccc(CN(CC(=O)Nc2c(C#N)c(C)c(C)n2Cc2ccco2)C2CC2)cc1. The molecule has 1 N–H and O–H groups in total. The Bertz CT molecular complexity index is 1100. The molecule has 0 saturated heterocycles. The summed E-state index contributed by atoms with van der Waals surface area (Å²) >= 11 is 0. The fourth-order valence-corrected chi connectivity index (χ4v) is 3.92. The maximum atomic E-state index is 13.0. The van der Waals surface area contributed by atoms with Crippen molar-refractivity contribution in [3.05, 3.63) is 76.4 Å². The zero-order chi connectivity index (χ0) is 22.0. The number of amides is 1. The van der Waals surface area contributed by atoms with Gasteiger partial charge < -0.3 is 14.3 Å². The molecule has 0 radical (unpaired) electrons. The molecule has 2 aromatic heterocycles. The van der Waals surface area contributed by atoms with E-state index >= 15 is 0 Å². The summed E-state index contributed by atoms with van der Waals surface area (Å²) in [5, 5.41) is 12.8. The molecule has 2 heterocycles. The van der Waals surface area contributed by atoms with Gasteiger partial charge in [0.15, 0.2) is 0 Å². The third kappa shape index (κ3) is 4.73. The number of hydrogen-bond acceptors (Lipinski definition) is 4. The molecule has 3 aromatic rings. The second kappa shape index (κ2) is 8.83. The first-order valence-electron chi connectivity index (χ1n) is 10.7. The lowest BCUT2D eigenvalue weighted by Gasteiger charge is -2.22. The smallest absolute Gasteiger partial charge is 0.239 e. The molecule has 1 fully saturated rings. The van der Waals surface area contributed by atoms with Crippen LogP contribution in [-0.4, -0.2) is 28.0 Å². The number of nitrogens with zero attached hydrogens (tertiary/aromatic N) is 3. The van der Waals surface area contributed by atoms with Gasteiger partial charge in [0, 0.05) is 18.3 Å². The summed E-state index contributed by atoms with van der Waals surface area (Å²) in [7, 11) is 0. The van der Waals surface area contributed by atoms with Gasteiger partial charge in [0.25, 0.3) is 0 Å². The molecule has 1 aliphatic carbocycles. The molecule has 0 spiro atoms. The molecule has 160 valence electrons. The molecule has 0 unspecified atom stereocenters. The van der Waals surface area contributed by atoms with E-state index in [1.54, 1.807) is 6.26 Å². The number of aryl methyl sites for hydroxylation is 1. The van der Waals surface area contributed by atoms with Gasteiger partial charge in [-0.3, -0.25) is 9.69 Å². The number of nitrogens with one attached hydrogen (secondary N) is 1. The van der Waals surface area contributed by atoms with Crippen LogP contribution >= 0.6 is 0 Å². The third-order valence-corrected chi connectivity index (χ3v) is 6.01. The molecule has 1 aromatic carbocycles. The summed E-state index contributed by atoms with van der Waals surface area (Å²) < 4.78 is 7.44. The number of anilines is 1. The summed E-state index contributed by atoms with van der Waals surface area (Å²) in [6, 6.07) is 14.9. The van der Waals surface area contributed by atoms with E-state index in [-0.39, 0.29) is 5.91 Å². The van der Waals surface area contributed by atoms with Crippen LogP contribution < -0.4 is 5.32 Å². The van der Waals surface area contributed by atoms with Gasteiger partial charge in [-0.1, -0.05) is 29.8 Å². The Morgan fingerprint density at radius 1 is 1.23 bits per heavy atom. The van der Waals surface area contributed by atoms with Crippen molar-refractivity contribution in [2.75, 3.05) is 11.9 Å². The standard InChI is InChI=1S/C25H28N4O2/c1-17-6-8-20(9-7-17)14-28(21-10-11-21)16-24(30)27-25-23(13-26)18(2)19(3)29(25)15-22-5-4-12-31-22/h4-9,12,21H,10-11,14-16H2,1-3H3,(H,27,30). The van der Waals surface area contributed by atoms with E-state index in [4.69, 9.17) is 4.42 Å². The van der Waals surface area contributed by atoms with E-state index in [1.807, 2.05) is 30.5 Å². The van der Waals surface area contributed by atoms with Gasteiger partial charge in [-0.15, -0.1) is 0 Å². The molecule has 0 bridgehead atoms. The number of aromatic nitrogens is 1. The predicted molar refractivity (Wildman–Crippen MR) is 120 cm³/mol. The lowest BCUT2D eigenvalue weighted by atomic mass is 10.1. The lowest BCUT2D eigenvalue weighted by molar-refractivity contribution is -0.117. The highest BCUT2D eigenvalue weighted by atomic mass is 16.3. The second-order valence-electron chi connectivity index (χ2n) is 8.38.